The molecule has 1 spiro atoms. The van der Waals surface area contributed by atoms with Crippen molar-refractivity contribution in [2.45, 2.75) is 44.6 Å². The van der Waals surface area contributed by atoms with Crippen LogP contribution >= 0.6 is 11.8 Å². The van der Waals surface area contributed by atoms with Gasteiger partial charge in [0.1, 0.15) is 17.6 Å². The molecule has 1 aliphatic carbocycles. The zero-order valence-electron chi connectivity index (χ0n) is 18.1. The summed E-state index contributed by atoms with van der Waals surface area (Å²) in [6.45, 7) is 3.43. The molecule has 3 N–H and O–H groups in total. The number of nitriles is 1. The van der Waals surface area contributed by atoms with Crippen LogP contribution in [0.4, 0.5) is 18.9 Å². The monoisotopic (exact) mass is 473 g/mol. The third kappa shape index (κ3) is 3.84. The van der Waals surface area contributed by atoms with Crippen LogP contribution in [0.25, 0.3) is 0 Å². The number of benzene rings is 1. The van der Waals surface area contributed by atoms with Crippen molar-refractivity contribution in [3.05, 3.63) is 58.7 Å². The van der Waals surface area contributed by atoms with Crippen LogP contribution in [0.15, 0.2) is 35.5 Å². The van der Waals surface area contributed by atoms with Crippen LogP contribution in [-0.2, 0) is 5.54 Å². The van der Waals surface area contributed by atoms with Gasteiger partial charge in [0, 0.05) is 41.5 Å². The second kappa shape index (κ2) is 8.06. The van der Waals surface area contributed by atoms with Crippen molar-refractivity contribution in [3.8, 4) is 6.07 Å². The van der Waals surface area contributed by atoms with E-state index in [0.29, 0.717) is 16.9 Å². The predicted molar refractivity (Wildman–Crippen MR) is 121 cm³/mol. The molecule has 2 aromatic rings. The number of anilines is 1. The summed E-state index contributed by atoms with van der Waals surface area (Å²) in [7, 11) is 0. The maximum atomic E-state index is 15.2. The molecule has 0 saturated heterocycles. The van der Waals surface area contributed by atoms with Crippen LogP contribution in [0.2, 0.25) is 0 Å². The number of amides is 1. The number of alkyl halides is 2. The van der Waals surface area contributed by atoms with Crippen LogP contribution in [0.3, 0.4) is 0 Å². The van der Waals surface area contributed by atoms with Crippen molar-refractivity contribution in [2.24, 2.45) is 16.1 Å². The number of nitrogens with two attached hydrogens (primary N) is 1. The molecule has 0 bridgehead atoms. The molecule has 1 aromatic carbocycles. The van der Waals surface area contributed by atoms with E-state index in [1.54, 1.807) is 19.9 Å². The van der Waals surface area contributed by atoms with E-state index >= 15 is 4.39 Å². The molecule has 1 aliphatic heterocycles. The van der Waals surface area contributed by atoms with Crippen LogP contribution in [-0.4, -0.2) is 27.7 Å². The van der Waals surface area contributed by atoms with E-state index in [9.17, 15) is 13.6 Å². The van der Waals surface area contributed by atoms with E-state index in [1.807, 2.05) is 6.07 Å². The SMILES string of the molecule is CCC1(c2cc(NC(=O)c3ncc(C#N)cc3C)ccc2F)N=C(N)SCC12CC(F)(F)C2. The molecular formula is C23H22F3N5OS. The second-order valence-corrected chi connectivity index (χ2v) is 9.59. The molecule has 1 unspecified atom stereocenters. The number of hydrogen-bond acceptors (Lipinski definition) is 6. The number of pyridine rings is 1. The normalized spacial score (nSPS) is 22.7. The van der Waals surface area contributed by atoms with Crippen molar-refractivity contribution < 1.29 is 18.0 Å². The van der Waals surface area contributed by atoms with Gasteiger partial charge in [0.15, 0.2) is 5.17 Å². The van der Waals surface area contributed by atoms with Crippen molar-refractivity contribution in [2.75, 3.05) is 11.1 Å². The first kappa shape index (κ1) is 23.1. The molecule has 33 heavy (non-hydrogen) atoms. The number of thioether (sulfide) groups is 1. The van der Waals surface area contributed by atoms with Gasteiger partial charge in [-0.1, -0.05) is 18.7 Å². The molecule has 6 nitrogen and oxygen atoms in total. The molecule has 0 radical (unpaired) electrons. The van der Waals surface area contributed by atoms with Gasteiger partial charge in [-0.05, 0) is 43.2 Å². The highest BCUT2D eigenvalue weighted by molar-refractivity contribution is 8.13. The van der Waals surface area contributed by atoms with Crippen LogP contribution in [0.5, 0.6) is 0 Å². The Hall–Kier alpha value is -3.06. The molecule has 1 atom stereocenters. The smallest absolute Gasteiger partial charge is 0.274 e. The van der Waals surface area contributed by atoms with Gasteiger partial charge < -0.3 is 11.1 Å². The number of nitrogens with one attached hydrogen (secondary N) is 1. The molecule has 2 heterocycles. The fraction of sp³-hybridized carbons (Fsp3) is 0.391. The molecule has 1 aromatic heterocycles. The lowest BCUT2D eigenvalue weighted by atomic mass is 9.53. The summed E-state index contributed by atoms with van der Waals surface area (Å²) >= 11 is 1.21. The topological polar surface area (TPSA) is 104 Å². The predicted octanol–water partition coefficient (Wildman–Crippen LogP) is 4.74. The lowest BCUT2D eigenvalue weighted by Gasteiger charge is -2.58. The van der Waals surface area contributed by atoms with Crippen LogP contribution < -0.4 is 11.1 Å². The van der Waals surface area contributed by atoms with E-state index in [2.05, 4.69) is 15.3 Å². The summed E-state index contributed by atoms with van der Waals surface area (Å²) < 4.78 is 43.2. The molecule has 10 heteroatoms. The third-order valence-corrected chi connectivity index (χ3v) is 7.56. The zero-order valence-corrected chi connectivity index (χ0v) is 18.9. The average molecular weight is 474 g/mol. The van der Waals surface area contributed by atoms with E-state index < -0.39 is 41.4 Å². The quantitative estimate of drug-likeness (QED) is 0.668. The van der Waals surface area contributed by atoms with Gasteiger partial charge in [0.05, 0.1) is 11.1 Å². The van der Waals surface area contributed by atoms with Gasteiger partial charge in [0.2, 0.25) is 5.92 Å². The van der Waals surface area contributed by atoms with E-state index in [1.165, 1.54) is 36.2 Å². The minimum absolute atomic E-state index is 0.122. The molecule has 1 amide bonds. The Labute approximate surface area is 193 Å². The minimum Gasteiger partial charge on any atom is -0.379 e. The average Bonchev–Trinajstić information content (AvgIpc) is 2.75. The molecule has 1 saturated carbocycles. The first-order valence-electron chi connectivity index (χ1n) is 10.4. The lowest BCUT2D eigenvalue weighted by molar-refractivity contribution is -0.181. The zero-order chi connectivity index (χ0) is 24.0. The highest BCUT2D eigenvalue weighted by Crippen LogP contribution is 2.66. The summed E-state index contributed by atoms with van der Waals surface area (Å²) in [5.74, 6) is -3.65. The van der Waals surface area contributed by atoms with Crippen LogP contribution in [0.1, 0.15) is 53.4 Å². The number of aryl methyl sites for hydroxylation is 1. The van der Waals surface area contributed by atoms with Gasteiger partial charge in [-0.25, -0.2) is 18.2 Å². The maximum absolute atomic E-state index is 15.2. The van der Waals surface area contributed by atoms with Gasteiger partial charge in [-0.15, -0.1) is 0 Å². The number of aliphatic imine (C=N–C) groups is 1. The summed E-state index contributed by atoms with van der Waals surface area (Å²) in [4.78, 5) is 21.4. The largest absolute Gasteiger partial charge is 0.379 e. The number of nitrogens with zero attached hydrogens (tertiary/aromatic N) is 3. The molecule has 4 rings (SSSR count). The lowest BCUT2D eigenvalue weighted by Crippen LogP contribution is -2.61. The first-order chi connectivity index (χ1) is 15.5. The van der Waals surface area contributed by atoms with E-state index in [-0.39, 0.29) is 28.5 Å². The fourth-order valence-electron chi connectivity index (χ4n) is 4.98. The fourth-order valence-corrected chi connectivity index (χ4v) is 6.07. The summed E-state index contributed by atoms with van der Waals surface area (Å²) in [5, 5.41) is 11.9. The number of amidine groups is 1. The van der Waals surface area contributed by atoms with Crippen molar-refractivity contribution in [3.63, 3.8) is 0 Å². The Bertz CT molecular complexity index is 1200. The summed E-state index contributed by atoms with van der Waals surface area (Å²) in [6, 6.07) is 7.54. The number of rotatable bonds is 4. The number of halogens is 3. The third-order valence-electron chi connectivity index (χ3n) is 6.47. The molecule has 2 aliphatic rings. The number of hydrogen-bond donors (Lipinski definition) is 2. The number of aromatic nitrogens is 1. The highest BCUT2D eigenvalue weighted by Gasteiger charge is 2.67. The Morgan fingerprint density at radius 1 is 1.33 bits per heavy atom. The second-order valence-electron chi connectivity index (χ2n) is 8.59. The van der Waals surface area contributed by atoms with Gasteiger partial charge in [-0.3, -0.25) is 9.79 Å². The standard InChI is InChI=1S/C23H22F3N5OS/c1-3-23(21(10-22(25,26)11-21)12-33-20(28)31-23)16-7-15(4-5-17(16)24)30-19(32)18-13(2)6-14(8-27)9-29-18/h4-7,9H,3,10-12H2,1-2H3,(H2,28,31)(H,30,32). The van der Waals surface area contributed by atoms with E-state index in [0.717, 1.165) is 0 Å². The Morgan fingerprint density at radius 3 is 2.67 bits per heavy atom. The van der Waals surface area contributed by atoms with Gasteiger partial charge >= 0.3 is 0 Å². The molecular weight excluding hydrogens is 451 g/mol. The van der Waals surface area contributed by atoms with Crippen molar-refractivity contribution in [1.82, 2.24) is 4.98 Å². The Balaban J connectivity index is 1.73. The molecule has 172 valence electrons. The molecule has 1 fully saturated rings. The maximum Gasteiger partial charge on any atom is 0.274 e. The number of carbonyl (C=O) groups is 1. The van der Waals surface area contributed by atoms with Gasteiger partial charge in [0.25, 0.3) is 5.91 Å². The Kier molecular flexibility index (Phi) is 5.65. The van der Waals surface area contributed by atoms with Gasteiger partial charge in [-0.2, -0.15) is 5.26 Å². The van der Waals surface area contributed by atoms with Crippen molar-refractivity contribution in [1.29, 1.82) is 5.26 Å². The van der Waals surface area contributed by atoms with E-state index in [4.69, 9.17) is 11.0 Å². The van der Waals surface area contributed by atoms with Crippen LogP contribution in [0, 0.1) is 29.5 Å². The highest BCUT2D eigenvalue weighted by atomic mass is 32.2. The first-order valence-corrected chi connectivity index (χ1v) is 11.4. The number of carbonyl (C=O) groups excluding carboxylic acids is 1. The Morgan fingerprint density at radius 2 is 2.06 bits per heavy atom. The summed E-state index contributed by atoms with van der Waals surface area (Å²) in [5.41, 5.74) is 5.14. The van der Waals surface area contributed by atoms with Crippen molar-refractivity contribution >= 4 is 28.5 Å². The summed E-state index contributed by atoms with van der Waals surface area (Å²) in [6.07, 6.45) is 0.765. The minimum atomic E-state index is -2.83.